The molecule has 0 unspecified atom stereocenters. The van der Waals surface area contributed by atoms with Crippen LogP contribution in [0.25, 0.3) is 44.2 Å². The van der Waals surface area contributed by atoms with Crippen LogP contribution in [0.1, 0.15) is 47.8 Å². The largest absolute Gasteiger partial charge is 0.350 e. The molecular weight excluding hydrogens is 644 g/mol. The van der Waals surface area contributed by atoms with E-state index in [0.717, 1.165) is 57.8 Å². The molecule has 51 heavy (non-hydrogen) atoms. The number of para-hydroxylation sites is 1. The molecule has 6 aromatic rings. The number of imidazole rings is 1. The number of nitrogens with zero attached hydrogens (tertiary/aromatic N) is 7. The molecule has 0 bridgehead atoms. The average Bonchev–Trinajstić information content (AvgIpc) is 3.53. The Labute approximate surface area is 293 Å². The predicted octanol–water partition coefficient (Wildman–Crippen LogP) is 4.17. The van der Waals surface area contributed by atoms with Crippen molar-refractivity contribution in [3.05, 3.63) is 106 Å². The van der Waals surface area contributed by atoms with Gasteiger partial charge in [-0.3, -0.25) is 28.9 Å². The Morgan fingerprint density at radius 3 is 2.65 bits per heavy atom. The third-order valence-corrected chi connectivity index (χ3v) is 9.04. The van der Waals surface area contributed by atoms with Crippen LogP contribution in [0.15, 0.2) is 78.1 Å². The van der Waals surface area contributed by atoms with Gasteiger partial charge >= 0.3 is 0 Å². The summed E-state index contributed by atoms with van der Waals surface area (Å²) in [5.74, 6) is 6.81. The van der Waals surface area contributed by atoms with Crippen LogP contribution in [0.5, 0.6) is 0 Å². The van der Waals surface area contributed by atoms with Crippen LogP contribution in [0.3, 0.4) is 0 Å². The summed E-state index contributed by atoms with van der Waals surface area (Å²) in [5, 5.41) is 5.19. The Bertz CT molecular complexity index is 2450. The zero-order valence-corrected chi connectivity index (χ0v) is 28.2. The van der Waals surface area contributed by atoms with Crippen molar-refractivity contribution in [1.82, 2.24) is 39.3 Å². The summed E-state index contributed by atoms with van der Waals surface area (Å²) in [6, 6.07) is 16.8. The van der Waals surface area contributed by atoms with Gasteiger partial charge in [-0.1, -0.05) is 43.0 Å². The Morgan fingerprint density at radius 2 is 1.86 bits per heavy atom. The second kappa shape index (κ2) is 14.2. The number of benzene rings is 2. The number of aryl methyl sites for hydroxylation is 1. The highest BCUT2D eigenvalue weighted by atomic mass is 16.2. The number of pyridine rings is 2. The van der Waals surface area contributed by atoms with Gasteiger partial charge in [-0.05, 0) is 35.7 Å². The van der Waals surface area contributed by atoms with E-state index in [1.807, 2.05) is 35.4 Å². The average molecular weight is 679 g/mol. The molecule has 254 valence electrons. The van der Waals surface area contributed by atoms with Gasteiger partial charge in [-0.2, -0.15) is 0 Å². The lowest BCUT2D eigenvalue weighted by molar-refractivity contribution is -0.130. The molecule has 12 heteroatoms. The summed E-state index contributed by atoms with van der Waals surface area (Å²) in [5.41, 5.74) is 5.44. The van der Waals surface area contributed by atoms with Crippen LogP contribution in [-0.2, 0) is 35.6 Å². The molecular formula is C39H34N8O4. The van der Waals surface area contributed by atoms with Gasteiger partial charge in [-0.15, -0.1) is 0 Å². The monoisotopic (exact) mass is 678 g/mol. The van der Waals surface area contributed by atoms with E-state index >= 15 is 0 Å². The zero-order valence-electron chi connectivity index (χ0n) is 28.2. The lowest BCUT2D eigenvalue weighted by atomic mass is 10.0. The maximum Gasteiger partial charge on any atom is 0.269 e. The molecule has 0 fully saturated rings. The van der Waals surface area contributed by atoms with Gasteiger partial charge in [0.15, 0.2) is 0 Å². The Kier molecular flexibility index (Phi) is 9.18. The topological polar surface area (TPSA) is 145 Å². The van der Waals surface area contributed by atoms with Crippen LogP contribution < -0.4 is 10.9 Å². The van der Waals surface area contributed by atoms with Gasteiger partial charge < -0.3 is 19.6 Å². The van der Waals surface area contributed by atoms with Crippen LogP contribution in [-0.4, -0.2) is 65.2 Å². The Balaban J connectivity index is 1.03. The van der Waals surface area contributed by atoms with Crippen molar-refractivity contribution in [3.63, 3.8) is 0 Å². The van der Waals surface area contributed by atoms with Gasteiger partial charge in [-0.25, -0.2) is 9.97 Å². The molecule has 0 atom stereocenters. The Morgan fingerprint density at radius 1 is 1.00 bits per heavy atom. The summed E-state index contributed by atoms with van der Waals surface area (Å²) in [4.78, 5) is 68.8. The van der Waals surface area contributed by atoms with Gasteiger partial charge in [0.2, 0.25) is 5.91 Å². The normalized spacial score (nSPS) is 12.3. The van der Waals surface area contributed by atoms with Crippen LogP contribution in [0.2, 0.25) is 0 Å². The maximum atomic E-state index is 12.8. The molecule has 0 saturated carbocycles. The molecule has 1 aliphatic rings. The van der Waals surface area contributed by atoms with E-state index in [0.29, 0.717) is 48.8 Å². The van der Waals surface area contributed by atoms with Crippen molar-refractivity contribution in [2.45, 2.75) is 46.3 Å². The first-order valence-electron chi connectivity index (χ1n) is 16.7. The quantitative estimate of drug-likeness (QED) is 0.144. The number of hydrogen-bond acceptors (Lipinski definition) is 8. The maximum absolute atomic E-state index is 12.8. The highest BCUT2D eigenvalue weighted by Gasteiger charge is 2.26. The minimum atomic E-state index is -0.319. The van der Waals surface area contributed by atoms with Gasteiger partial charge in [0.1, 0.15) is 17.8 Å². The summed E-state index contributed by atoms with van der Waals surface area (Å²) in [7, 11) is 0. The third kappa shape index (κ3) is 6.49. The van der Waals surface area contributed by atoms with E-state index in [-0.39, 0.29) is 29.6 Å². The molecule has 4 aromatic heterocycles. The lowest BCUT2D eigenvalue weighted by Crippen LogP contribution is -2.37. The standard InChI is InChI=1S/C39H34N8O4/c1-3-35-44-37(34-23-45(25(2)49)16-17-47(34)35)29-11-7-10-27-20-33(42-22-31(27)29)28-13-14-32(41-21-28)38(50)40-15-5-4-8-26-9-6-12-30-36(26)43-24-46(18-19-48)39(30)51/h6-7,9-14,19-22,24H,3,5,15-18,23H2,1-2H3,(H,40,50). The second-order valence-electron chi connectivity index (χ2n) is 12.2. The fourth-order valence-corrected chi connectivity index (χ4v) is 6.40. The zero-order chi connectivity index (χ0) is 35.5. The molecule has 5 heterocycles. The summed E-state index contributed by atoms with van der Waals surface area (Å²) < 4.78 is 3.49. The number of fused-ring (bicyclic) bond motifs is 3. The van der Waals surface area contributed by atoms with Crippen molar-refractivity contribution in [2.75, 3.05) is 13.1 Å². The third-order valence-electron chi connectivity index (χ3n) is 9.04. The SMILES string of the molecule is CCc1nc(-c2cccc3cc(-c4ccc(C(=O)NCCC#Cc5cccc6c(=O)n(CC=O)cnc56)nc4)ncc23)c2n1CCN(C(C)=O)C2. The highest BCUT2D eigenvalue weighted by Crippen LogP contribution is 2.34. The number of hydrogen-bond donors (Lipinski definition) is 1. The molecule has 0 saturated heterocycles. The van der Waals surface area contributed by atoms with E-state index in [2.05, 4.69) is 44.7 Å². The molecule has 0 radical (unpaired) electrons. The number of rotatable bonds is 8. The fraction of sp³-hybridized carbons (Fsp3) is 0.231. The van der Waals surface area contributed by atoms with E-state index in [1.54, 1.807) is 37.4 Å². The molecule has 1 N–H and O–H groups in total. The van der Waals surface area contributed by atoms with Crippen LogP contribution in [0, 0.1) is 11.8 Å². The van der Waals surface area contributed by atoms with Crippen molar-refractivity contribution < 1.29 is 14.4 Å². The number of aldehydes is 1. The molecule has 7 rings (SSSR count). The van der Waals surface area contributed by atoms with Crippen molar-refractivity contribution in [2.24, 2.45) is 0 Å². The summed E-state index contributed by atoms with van der Waals surface area (Å²) in [6.07, 6.45) is 6.66. The first kappa shape index (κ1) is 33.0. The Hall–Kier alpha value is -6.48. The lowest BCUT2D eigenvalue weighted by Gasteiger charge is -2.28. The first-order chi connectivity index (χ1) is 24.9. The molecule has 0 aliphatic carbocycles. The predicted molar refractivity (Wildman–Crippen MR) is 193 cm³/mol. The highest BCUT2D eigenvalue weighted by molar-refractivity contribution is 5.97. The summed E-state index contributed by atoms with van der Waals surface area (Å²) in [6.45, 7) is 5.88. The van der Waals surface area contributed by atoms with Crippen LogP contribution >= 0.6 is 0 Å². The van der Waals surface area contributed by atoms with Gasteiger partial charge in [0, 0.05) is 68.3 Å². The molecule has 12 nitrogen and oxygen atoms in total. The first-order valence-corrected chi connectivity index (χ1v) is 16.7. The minimum absolute atomic E-state index is 0.0571. The molecule has 1 aliphatic heterocycles. The van der Waals surface area contributed by atoms with Gasteiger partial charge in [0.05, 0.1) is 53.0 Å². The number of carbonyl (C=O) groups is 3. The summed E-state index contributed by atoms with van der Waals surface area (Å²) >= 11 is 0. The van der Waals surface area contributed by atoms with E-state index in [9.17, 15) is 19.2 Å². The number of carbonyl (C=O) groups excluding carboxylic acids is 3. The number of nitrogens with one attached hydrogen (secondary N) is 1. The second-order valence-corrected chi connectivity index (χ2v) is 12.2. The molecule has 0 spiro atoms. The van der Waals surface area contributed by atoms with Crippen molar-refractivity contribution in [3.8, 4) is 34.4 Å². The van der Waals surface area contributed by atoms with E-state index < -0.39 is 0 Å². The fourth-order valence-electron chi connectivity index (χ4n) is 6.40. The molecule has 2 amide bonds. The van der Waals surface area contributed by atoms with Crippen molar-refractivity contribution in [1.29, 1.82) is 0 Å². The van der Waals surface area contributed by atoms with Gasteiger partial charge in [0.25, 0.3) is 11.5 Å². The van der Waals surface area contributed by atoms with Crippen molar-refractivity contribution >= 4 is 39.8 Å². The smallest absolute Gasteiger partial charge is 0.269 e. The number of aromatic nitrogens is 6. The van der Waals surface area contributed by atoms with E-state index in [1.165, 1.54) is 10.9 Å². The van der Waals surface area contributed by atoms with E-state index in [4.69, 9.17) is 9.97 Å². The van der Waals surface area contributed by atoms with Crippen LogP contribution in [0.4, 0.5) is 0 Å². The minimum Gasteiger partial charge on any atom is -0.350 e. The number of amides is 2. The molecule has 2 aromatic carbocycles.